The van der Waals surface area contributed by atoms with E-state index >= 15 is 0 Å². The zero-order valence-electron chi connectivity index (χ0n) is 8.66. The first kappa shape index (κ1) is 13.1. The average Bonchev–Trinajstić information content (AvgIpc) is 1.93. The quantitative estimate of drug-likeness (QED) is 0.437. The summed E-state index contributed by atoms with van der Waals surface area (Å²) in [6.45, 7) is 4.40. The maximum atomic E-state index is 8.71. The van der Waals surface area contributed by atoms with Crippen LogP contribution in [0.15, 0.2) is 0 Å². The topological polar surface area (TPSA) is 60.7 Å². The Morgan fingerprint density at radius 1 is 0.923 bits per heavy atom. The standard InChI is InChI=1S/C9H22O3Si/c1-9(2)7-5-3-4-6-8-13(10,11)12/h9-12H,3-8H2,1-2H3. The summed E-state index contributed by atoms with van der Waals surface area (Å²) in [5.41, 5.74) is 0. The van der Waals surface area contributed by atoms with Crippen molar-refractivity contribution in [3.63, 3.8) is 0 Å². The first-order valence-electron chi connectivity index (χ1n) is 5.09. The normalized spacial score (nSPS) is 12.5. The largest absolute Gasteiger partial charge is 0.492 e. The maximum Gasteiger partial charge on any atom is 0.492 e. The van der Waals surface area contributed by atoms with Gasteiger partial charge in [-0.1, -0.05) is 39.5 Å². The zero-order chi connectivity index (χ0) is 10.3. The van der Waals surface area contributed by atoms with Crippen LogP contribution in [0.25, 0.3) is 0 Å². The molecule has 0 aliphatic carbocycles. The molecule has 0 aliphatic rings. The highest BCUT2D eigenvalue weighted by Crippen LogP contribution is 2.12. The molecule has 0 amide bonds. The average molecular weight is 206 g/mol. The van der Waals surface area contributed by atoms with Gasteiger partial charge in [0.1, 0.15) is 0 Å². The van der Waals surface area contributed by atoms with Crippen molar-refractivity contribution in [3.05, 3.63) is 0 Å². The van der Waals surface area contributed by atoms with Crippen molar-refractivity contribution in [2.45, 2.75) is 52.0 Å². The third kappa shape index (κ3) is 12.1. The molecule has 0 atom stereocenters. The second-order valence-corrected chi connectivity index (χ2v) is 6.17. The minimum Gasteiger partial charge on any atom is -0.390 e. The van der Waals surface area contributed by atoms with Gasteiger partial charge in [-0.2, -0.15) is 0 Å². The highest BCUT2D eigenvalue weighted by Gasteiger charge is 2.25. The van der Waals surface area contributed by atoms with E-state index in [0.29, 0.717) is 0 Å². The molecular formula is C9H22O3Si. The van der Waals surface area contributed by atoms with E-state index in [1.807, 2.05) is 0 Å². The fraction of sp³-hybridized carbons (Fsp3) is 1.00. The Hall–Kier alpha value is 0.0969. The predicted octanol–water partition coefficient (Wildman–Crippen LogP) is 1.51. The summed E-state index contributed by atoms with van der Waals surface area (Å²) in [5, 5.41) is 0. The third-order valence-electron chi connectivity index (χ3n) is 2.04. The molecule has 4 heteroatoms. The van der Waals surface area contributed by atoms with Crippen LogP contribution in [0.3, 0.4) is 0 Å². The van der Waals surface area contributed by atoms with Crippen LogP contribution in [0.5, 0.6) is 0 Å². The molecule has 0 unspecified atom stereocenters. The smallest absolute Gasteiger partial charge is 0.390 e. The third-order valence-corrected chi connectivity index (χ3v) is 3.07. The molecule has 0 rings (SSSR count). The van der Waals surface area contributed by atoms with Crippen molar-refractivity contribution in [1.29, 1.82) is 0 Å². The van der Waals surface area contributed by atoms with Gasteiger partial charge >= 0.3 is 8.80 Å². The molecule has 3 N–H and O–H groups in total. The first-order valence-corrected chi connectivity index (χ1v) is 7.14. The van der Waals surface area contributed by atoms with Crippen molar-refractivity contribution in [2.75, 3.05) is 0 Å². The highest BCUT2D eigenvalue weighted by atomic mass is 28.4. The van der Waals surface area contributed by atoms with Crippen LogP contribution in [0.2, 0.25) is 6.04 Å². The number of hydrogen-bond acceptors (Lipinski definition) is 3. The summed E-state index contributed by atoms with van der Waals surface area (Å²) in [7, 11) is -3.74. The molecule has 0 aromatic rings. The Balaban J connectivity index is 3.09. The monoisotopic (exact) mass is 206 g/mol. The van der Waals surface area contributed by atoms with Crippen molar-refractivity contribution in [3.8, 4) is 0 Å². The van der Waals surface area contributed by atoms with E-state index in [1.54, 1.807) is 0 Å². The highest BCUT2D eigenvalue weighted by molar-refractivity contribution is 6.56. The molecule has 0 heterocycles. The van der Waals surface area contributed by atoms with E-state index in [0.717, 1.165) is 25.2 Å². The Morgan fingerprint density at radius 2 is 1.46 bits per heavy atom. The van der Waals surface area contributed by atoms with E-state index in [4.69, 9.17) is 14.4 Å². The summed E-state index contributed by atoms with van der Waals surface area (Å²) in [6.07, 6.45) is 5.29. The van der Waals surface area contributed by atoms with Gasteiger partial charge in [0.25, 0.3) is 0 Å². The first-order chi connectivity index (χ1) is 5.92. The van der Waals surface area contributed by atoms with Gasteiger partial charge in [-0.3, -0.25) is 0 Å². The second kappa shape index (κ2) is 6.54. The molecule has 0 spiro atoms. The lowest BCUT2D eigenvalue weighted by molar-refractivity contribution is 0.226. The molecule has 13 heavy (non-hydrogen) atoms. The van der Waals surface area contributed by atoms with Gasteiger partial charge < -0.3 is 14.4 Å². The molecule has 80 valence electrons. The molecule has 0 saturated heterocycles. The molecule has 0 aromatic heterocycles. The zero-order valence-corrected chi connectivity index (χ0v) is 9.66. The van der Waals surface area contributed by atoms with Crippen LogP contribution in [-0.4, -0.2) is 23.2 Å². The lowest BCUT2D eigenvalue weighted by Gasteiger charge is -2.08. The molecule has 0 radical (unpaired) electrons. The van der Waals surface area contributed by atoms with Crippen LogP contribution >= 0.6 is 0 Å². The van der Waals surface area contributed by atoms with Gasteiger partial charge in [-0.25, -0.2) is 0 Å². The summed E-state index contributed by atoms with van der Waals surface area (Å²) < 4.78 is 0. The number of rotatable bonds is 7. The van der Waals surface area contributed by atoms with Crippen molar-refractivity contribution in [1.82, 2.24) is 0 Å². The van der Waals surface area contributed by atoms with Gasteiger partial charge in [0.05, 0.1) is 0 Å². The van der Waals surface area contributed by atoms with E-state index in [9.17, 15) is 0 Å². The summed E-state index contributed by atoms with van der Waals surface area (Å²) in [6, 6.07) is 0.189. The van der Waals surface area contributed by atoms with Crippen LogP contribution in [0.1, 0.15) is 46.0 Å². The fourth-order valence-corrected chi connectivity index (χ4v) is 1.99. The van der Waals surface area contributed by atoms with Crippen LogP contribution in [0.4, 0.5) is 0 Å². The molecule has 0 aliphatic heterocycles. The Labute approximate surface area is 81.8 Å². The van der Waals surface area contributed by atoms with Crippen molar-refractivity contribution >= 4 is 8.80 Å². The Morgan fingerprint density at radius 3 is 1.92 bits per heavy atom. The number of hydrogen-bond donors (Lipinski definition) is 3. The molecule has 0 aromatic carbocycles. The lowest BCUT2D eigenvalue weighted by Crippen LogP contribution is -2.33. The Bertz CT molecular complexity index is 121. The summed E-state index contributed by atoms with van der Waals surface area (Å²) in [4.78, 5) is 26.1. The van der Waals surface area contributed by atoms with E-state index in [1.165, 1.54) is 12.8 Å². The number of unbranched alkanes of at least 4 members (excludes halogenated alkanes) is 3. The van der Waals surface area contributed by atoms with E-state index in [-0.39, 0.29) is 6.04 Å². The minimum atomic E-state index is -3.74. The Kier molecular flexibility index (Phi) is 6.58. The van der Waals surface area contributed by atoms with Gasteiger partial charge in [0.15, 0.2) is 0 Å². The molecule has 0 saturated carbocycles. The second-order valence-electron chi connectivity index (χ2n) is 4.12. The van der Waals surface area contributed by atoms with Crippen LogP contribution in [0, 0.1) is 5.92 Å². The molecule has 0 fully saturated rings. The summed E-state index contributed by atoms with van der Waals surface area (Å²) >= 11 is 0. The molecule has 0 bridgehead atoms. The van der Waals surface area contributed by atoms with Gasteiger partial charge in [0, 0.05) is 6.04 Å². The van der Waals surface area contributed by atoms with Crippen molar-refractivity contribution < 1.29 is 14.4 Å². The maximum absolute atomic E-state index is 8.71. The van der Waals surface area contributed by atoms with Crippen LogP contribution < -0.4 is 0 Å². The van der Waals surface area contributed by atoms with E-state index < -0.39 is 8.80 Å². The van der Waals surface area contributed by atoms with Crippen molar-refractivity contribution in [2.24, 2.45) is 5.92 Å². The van der Waals surface area contributed by atoms with Gasteiger partial charge in [-0.15, -0.1) is 0 Å². The van der Waals surface area contributed by atoms with Gasteiger partial charge in [0.2, 0.25) is 0 Å². The van der Waals surface area contributed by atoms with Gasteiger partial charge in [-0.05, 0) is 12.3 Å². The van der Waals surface area contributed by atoms with Crippen LogP contribution in [-0.2, 0) is 0 Å². The lowest BCUT2D eigenvalue weighted by atomic mass is 10.0. The van der Waals surface area contributed by atoms with E-state index in [2.05, 4.69) is 13.8 Å². The predicted molar refractivity (Wildman–Crippen MR) is 55.1 cm³/mol. The SMILES string of the molecule is CC(C)CCCCCC[Si](O)(O)O. The minimum absolute atomic E-state index is 0.189. The molecular weight excluding hydrogens is 184 g/mol. The molecule has 3 nitrogen and oxygen atoms in total. The fourth-order valence-electron chi connectivity index (χ4n) is 1.27. The summed E-state index contributed by atoms with van der Waals surface area (Å²) in [5.74, 6) is 0.752.